The molecule has 1 aromatic rings. The van der Waals surface area contributed by atoms with Crippen molar-refractivity contribution in [2.24, 2.45) is 0 Å². The lowest BCUT2D eigenvalue weighted by Crippen LogP contribution is -2.44. The molecule has 1 aliphatic heterocycles. The molecule has 20 heavy (non-hydrogen) atoms. The lowest BCUT2D eigenvalue weighted by molar-refractivity contribution is -0.119. The third kappa shape index (κ3) is 4.91. The Kier molecular flexibility index (Phi) is 6.05. The Labute approximate surface area is 129 Å². The standard InChI is InChI=1S/C16H23BrN2O/c1-13(20)18-15-8-11-19(12-9-15)10-4-6-14-5-2-3-7-16(14)17/h2-3,5,7,15H,4,6,8-12H2,1H3,(H,18,20). The number of nitrogens with one attached hydrogen (secondary N) is 1. The summed E-state index contributed by atoms with van der Waals surface area (Å²) in [5.74, 6) is 0.0948. The van der Waals surface area contributed by atoms with Gasteiger partial charge in [0.1, 0.15) is 0 Å². The number of hydrogen-bond acceptors (Lipinski definition) is 2. The molecule has 1 aliphatic rings. The van der Waals surface area contributed by atoms with Crippen molar-refractivity contribution in [1.82, 2.24) is 10.2 Å². The van der Waals surface area contributed by atoms with Crippen molar-refractivity contribution in [1.29, 1.82) is 0 Å². The van der Waals surface area contributed by atoms with Gasteiger partial charge in [0.05, 0.1) is 0 Å². The molecule has 1 heterocycles. The third-order valence-corrected chi connectivity index (χ3v) is 4.65. The van der Waals surface area contributed by atoms with E-state index in [1.54, 1.807) is 6.92 Å². The molecule has 1 fully saturated rings. The number of carbonyl (C=O) groups is 1. The van der Waals surface area contributed by atoms with E-state index < -0.39 is 0 Å². The van der Waals surface area contributed by atoms with Crippen LogP contribution in [-0.2, 0) is 11.2 Å². The Bertz CT molecular complexity index is 442. The molecule has 0 spiro atoms. The first-order valence-corrected chi connectivity index (χ1v) is 8.17. The van der Waals surface area contributed by atoms with Crippen LogP contribution in [0.15, 0.2) is 28.7 Å². The number of aryl methyl sites for hydroxylation is 1. The van der Waals surface area contributed by atoms with E-state index in [0.717, 1.165) is 38.9 Å². The SMILES string of the molecule is CC(=O)NC1CCN(CCCc2ccccc2Br)CC1. The predicted molar refractivity (Wildman–Crippen MR) is 85.7 cm³/mol. The van der Waals surface area contributed by atoms with Crippen molar-refractivity contribution in [2.75, 3.05) is 19.6 Å². The van der Waals surface area contributed by atoms with Gasteiger partial charge in [-0.2, -0.15) is 0 Å². The molecule has 4 heteroatoms. The average molecular weight is 339 g/mol. The minimum Gasteiger partial charge on any atom is -0.354 e. The van der Waals surface area contributed by atoms with Gasteiger partial charge < -0.3 is 10.2 Å². The maximum atomic E-state index is 11.0. The number of carbonyl (C=O) groups excluding carboxylic acids is 1. The average Bonchev–Trinajstić information content (AvgIpc) is 2.42. The minimum absolute atomic E-state index is 0.0948. The van der Waals surface area contributed by atoms with E-state index >= 15 is 0 Å². The van der Waals surface area contributed by atoms with Crippen molar-refractivity contribution >= 4 is 21.8 Å². The van der Waals surface area contributed by atoms with Gasteiger partial charge in [-0.25, -0.2) is 0 Å². The van der Waals surface area contributed by atoms with Crippen LogP contribution in [0, 0.1) is 0 Å². The lowest BCUT2D eigenvalue weighted by atomic mass is 10.0. The maximum Gasteiger partial charge on any atom is 0.217 e. The molecule has 0 atom stereocenters. The van der Waals surface area contributed by atoms with Gasteiger partial charge in [0.15, 0.2) is 0 Å². The molecule has 2 rings (SSSR count). The van der Waals surface area contributed by atoms with Gasteiger partial charge >= 0.3 is 0 Å². The van der Waals surface area contributed by atoms with Gasteiger partial charge in [-0.3, -0.25) is 4.79 Å². The molecule has 0 saturated carbocycles. The quantitative estimate of drug-likeness (QED) is 0.895. The zero-order chi connectivity index (χ0) is 14.4. The van der Waals surface area contributed by atoms with Crippen LogP contribution in [0.1, 0.15) is 31.7 Å². The molecular formula is C16H23BrN2O. The molecule has 0 aromatic heterocycles. The van der Waals surface area contributed by atoms with Gasteiger partial charge in [-0.05, 0) is 43.9 Å². The van der Waals surface area contributed by atoms with Crippen LogP contribution in [0.3, 0.4) is 0 Å². The summed E-state index contributed by atoms with van der Waals surface area (Å²) in [5.41, 5.74) is 1.39. The second-order valence-electron chi connectivity index (χ2n) is 5.51. The number of nitrogens with zero attached hydrogens (tertiary/aromatic N) is 1. The van der Waals surface area contributed by atoms with E-state index in [9.17, 15) is 4.79 Å². The van der Waals surface area contributed by atoms with Crippen LogP contribution < -0.4 is 5.32 Å². The third-order valence-electron chi connectivity index (χ3n) is 3.87. The van der Waals surface area contributed by atoms with Crippen molar-refractivity contribution < 1.29 is 4.79 Å². The number of piperidine rings is 1. The van der Waals surface area contributed by atoms with E-state index in [4.69, 9.17) is 0 Å². The van der Waals surface area contributed by atoms with Gasteiger partial charge in [0.2, 0.25) is 5.91 Å². The van der Waals surface area contributed by atoms with Gasteiger partial charge in [0, 0.05) is 30.5 Å². The second kappa shape index (κ2) is 7.79. The van der Waals surface area contributed by atoms with Crippen molar-refractivity contribution in [3.8, 4) is 0 Å². The molecule has 0 radical (unpaired) electrons. The Hall–Kier alpha value is -0.870. The summed E-state index contributed by atoms with van der Waals surface area (Å²) >= 11 is 3.60. The fraction of sp³-hybridized carbons (Fsp3) is 0.562. The predicted octanol–water partition coefficient (Wildman–Crippen LogP) is 2.98. The molecule has 1 amide bonds. The van der Waals surface area contributed by atoms with Crippen LogP contribution >= 0.6 is 15.9 Å². The highest BCUT2D eigenvalue weighted by atomic mass is 79.9. The fourth-order valence-electron chi connectivity index (χ4n) is 2.78. The maximum absolute atomic E-state index is 11.0. The number of halogens is 1. The molecule has 1 aromatic carbocycles. The number of likely N-dealkylation sites (tertiary alicyclic amines) is 1. The number of hydrogen-bond donors (Lipinski definition) is 1. The molecule has 3 nitrogen and oxygen atoms in total. The van der Waals surface area contributed by atoms with Gasteiger partial charge in [0.25, 0.3) is 0 Å². The first kappa shape index (κ1) is 15.5. The zero-order valence-corrected chi connectivity index (χ0v) is 13.7. The molecule has 110 valence electrons. The summed E-state index contributed by atoms with van der Waals surface area (Å²) in [6.45, 7) is 4.94. The van der Waals surface area contributed by atoms with Crippen LogP contribution in [0.2, 0.25) is 0 Å². The second-order valence-corrected chi connectivity index (χ2v) is 6.37. The van der Waals surface area contributed by atoms with E-state index in [0.29, 0.717) is 6.04 Å². The highest BCUT2D eigenvalue weighted by Crippen LogP contribution is 2.18. The van der Waals surface area contributed by atoms with Crippen molar-refractivity contribution in [3.05, 3.63) is 34.3 Å². The summed E-state index contributed by atoms with van der Waals surface area (Å²) in [4.78, 5) is 13.5. The van der Waals surface area contributed by atoms with E-state index in [-0.39, 0.29) is 5.91 Å². The van der Waals surface area contributed by atoms with E-state index in [1.807, 2.05) is 0 Å². The van der Waals surface area contributed by atoms with Crippen LogP contribution in [0.25, 0.3) is 0 Å². The molecular weight excluding hydrogens is 316 g/mol. The topological polar surface area (TPSA) is 32.3 Å². The number of amides is 1. The molecule has 1 saturated heterocycles. The van der Waals surface area contributed by atoms with Gasteiger partial charge in [-0.15, -0.1) is 0 Å². The molecule has 0 aliphatic carbocycles. The minimum atomic E-state index is 0.0948. The largest absolute Gasteiger partial charge is 0.354 e. The van der Waals surface area contributed by atoms with Crippen molar-refractivity contribution in [3.63, 3.8) is 0 Å². The summed E-state index contributed by atoms with van der Waals surface area (Å²) in [7, 11) is 0. The lowest BCUT2D eigenvalue weighted by Gasteiger charge is -2.32. The summed E-state index contributed by atoms with van der Waals surface area (Å²) in [6, 6.07) is 8.83. The summed E-state index contributed by atoms with van der Waals surface area (Å²) in [6.07, 6.45) is 4.46. The Morgan fingerprint density at radius 2 is 2.05 bits per heavy atom. The van der Waals surface area contributed by atoms with Crippen LogP contribution in [0.5, 0.6) is 0 Å². The highest BCUT2D eigenvalue weighted by molar-refractivity contribution is 9.10. The zero-order valence-electron chi connectivity index (χ0n) is 12.1. The fourth-order valence-corrected chi connectivity index (χ4v) is 3.27. The van der Waals surface area contributed by atoms with Crippen LogP contribution in [0.4, 0.5) is 0 Å². The number of benzene rings is 1. The van der Waals surface area contributed by atoms with E-state index in [1.165, 1.54) is 16.5 Å². The van der Waals surface area contributed by atoms with Crippen LogP contribution in [-0.4, -0.2) is 36.5 Å². The molecule has 1 N–H and O–H groups in total. The summed E-state index contributed by atoms with van der Waals surface area (Å²) < 4.78 is 1.21. The van der Waals surface area contributed by atoms with Crippen molar-refractivity contribution in [2.45, 2.75) is 38.6 Å². The number of rotatable bonds is 5. The first-order chi connectivity index (χ1) is 9.65. The van der Waals surface area contributed by atoms with Gasteiger partial charge in [-0.1, -0.05) is 34.1 Å². The molecule has 0 unspecified atom stereocenters. The monoisotopic (exact) mass is 338 g/mol. The normalized spacial score (nSPS) is 17.1. The summed E-state index contributed by atoms with van der Waals surface area (Å²) in [5, 5.41) is 3.02. The highest BCUT2D eigenvalue weighted by Gasteiger charge is 2.19. The Morgan fingerprint density at radius 1 is 1.35 bits per heavy atom. The Morgan fingerprint density at radius 3 is 2.70 bits per heavy atom. The first-order valence-electron chi connectivity index (χ1n) is 7.38. The smallest absolute Gasteiger partial charge is 0.217 e. The van der Waals surface area contributed by atoms with E-state index in [2.05, 4.69) is 50.4 Å². The molecule has 0 bridgehead atoms. The Balaban J connectivity index is 1.66.